The van der Waals surface area contributed by atoms with Crippen LogP contribution < -0.4 is 0 Å². The summed E-state index contributed by atoms with van der Waals surface area (Å²) in [5.41, 5.74) is 4.77. The molecule has 0 spiro atoms. The molecule has 0 aliphatic heterocycles. The van der Waals surface area contributed by atoms with Crippen LogP contribution in [0.4, 0.5) is 0 Å². The lowest BCUT2D eigenvalue weighted by Gasteiger charge is -1.98. The second kappa shape index (κ2) is 2.83. The number of benzene rings is 1. The van der Waals surface area contributed by atoms with Crippen molar-refractivity contribution < 1.29 is 0 Å². The van der Waals surface area contributed by atoms with E-state index in [9.17, 15) is 0 Å². The number of para-hydroxylation sites is 1. The molecule has 0 unspecified atom stereocenters. The fraction of sp³-hybridized carbons (Fsp3) is 0.154. The first-order chi connectivity index (χ1) is 7.27. The Morgan fingerprint density at radius 2 is 1.87 bits per heavy atom. The zero-order valence-corrected chi connectivity index (χ0v) is 8.83. The Morgan fingerprint density at radius 3 is 2.73 bits per heavy atom. The molecular weight excluding hydrogens is 184 g/mol. The van der Waals surface area contributed by atoms with Crippen LogP contribution in [0.15, 0.2) is 30.5 Å². The second-order valence-electron chi connectivity index (χ2n) is 3.94. The van der Waals surface area contributed by atoms with Gasteiger partial charge in [0, 0.05) is 22.7 Å². The van der Waals surface area contributed by atoms with Crippen LogP contribution in [0.5, 0.6) is 0 Å². The van der Waals surface area contributed by atoms with E-state index in [1.807, 2.05) is 18.3 Å². The maximum absolute atomic E-state index is 4.46. The minimum absolute atomic E-state index is 1.05. The van der Waals surface area contributed by atoms with E-state index in [0.717, 1.165) is 5.52 Å². The van der Waals surface area contributed by atoms with Gasteiger partial charge in [0.25, 0.3) is 0 Å². The molecular formula is C13H12N2. The SMILES string of the molecule is Cc1[nH]c2c(cnc3ccccc32)c1C. The molecule has 0 saturated heterocycles. The largest absolute Gasteiger partial charge is 0.358 e. The molecule has 0 aliphatic carbocycles. The highest BCUT2D eigenvalue weighted by atomic mass is 14.7. The number of rotatable bonds is 0. The van der Waals surface area contributed by atoms with Gasteiger partial charge >= 0.3 is 0 Å². The summed E-state index contributed by atoms with van der Waals surface area (Å²) in [6, 6.07) is 8.22. The summed E-state index contributed by atoms with van der Waals surface area (Å²) in [6.45, 7) is 4.23. The summed E-state index contributed by atoms with van der Waals surface area (Å²) in [5.74, 6) is 0. The quantitative estimate of drug-likeness (QED) is 0.587. The lowest BCUT2D eigenvalue weighted by molar-refractivity contribution is 1.26. The molecule has 3 rings (SSSR count). The number of hydrogen-bond donors (Lipinski definition) is 1. The van der Waals surface area contributed by atoms with E-state index in [0.29, 0.717) is 0 Å². The number of nitrogens with zero attached hydrogens (tertiary/aromatic N) is 1. The molecule has 2 heteroatoms. The topological polar surface area (TPSA) is 28.7 Å². The Hall–Kier alpha value is -1.83. The summed E-state index contributed by atoms with van der Waals surface area (Å²) in [5, 5.41) is 2.43. The van der Waals surface area contributed by atoms with Gasteiger partial charge in [-0.3, -0.25) is 4.98 Å². The van der Waals surface area contributed by atoms with Crippen LogP contribution in [0.2, 0.25) is 0 Å². The Balaban J connectivity index is 2.60. The van der Waals surface area contributed by atoms with Gasteiger partial charge in [-0.05, 0) is 25.5 Å². The highest BCUT2D eigenvalue weighted by molar-refractivity contribution is 6.04. The predicted octanol–water partition coefficient (Wildman–Crippen LogP) is 3.33. The molecule has 0 radical (unpaired) electrons. The summed E-state index contributed by atoms with van der Waals surface area (Å²) >= 11 is 0. The number of H-pyrrole nitrogens is 1. The number of aryl methyl sites for hydroxylation is 2. The summed E-state index contributed by atoms with van der Waals surface area (Å²) in [7, 11) is 0. The Kier molecular flexibility index (Phi) is 1.60. The fourth-order valence-electron chi connectivity index (χ4n) is 2.04. The Bertz CT molecular complexity index is 650. The lowest BCUT2D eigenvalue weighted by Crippen LogP contribution is -1.79. The highest BCUT2D eigenvalue weighted by Gasteiger charge is 2.07. The number of aromatic amines is 1. The van der Waals surface area contributed by atoms with E-state index in [1.165, 1.54) is 27.5 Å². The molecule has 0 saturated carbocycles. The molecule has 0 atom stereocenters. The molecule has 1 aromatic carbocycles. The highest BCUT2D eigenvalue weighted by Crippen LogP contribution is 2.26. The summed E-state index contributed by atoms with van der Waals surface area (Å²) in [6.07, 6.45) is 1.95. The van der Waals surface area contributed by atoms with Crippen molar-refractivity contribution >= 4 is 21.8 Å². The number of pyridine rings is 1. The van der Waals surface area contributed by atoms with Crippen LogP contribution in [0, 0.1) is 13.8 Å². The molecule has 1 N–H and O–H groups in total. The third-order valence-corrected chi connectivity index (χ3v) is 3.05. The third-order valence-electron chi connectivity index (χ3n) is 3.05. The van der Waals surface area contributed by atoms with E-state index >= 15 is 0 Å². The van der Waals surface area contributed by atoms with Gasteiger partial charge in [-0.15, -0.1) is 0 Å². The minimum atomic E-state index is 1.05. The van der Waals surface area contributed by atoms with Crippen LogP contribution in [0.1, 0.15) is 11.3 Å². The van der Waals surface area contributed by atoms with Crippen LogP contribution in [-0.2, 0) is 0 Å². The number of hydrogen-bond acceptors (Lipinski definition) is 1. The number of nitrogens with one attached hydrogen (secondary N) is 1. The maximum atomic E-state index is 4.46. The molecule has 0 bridgehead atoms. The molecule has 74 valence electrons. The lowest BCUT2D eigenvalue weighted by atomic mass is 10.1. The third kappa shape index (κ3) is 1.08. The molecule has 2 nitrogen and oxygen atoms in total. The number of fused-ring (bicyclic) bond motifs is 3. The first-order valence-corrected chi connectivity index (χ1v) is 5.10. The summed E-state index contributed by atoms with van der Waals surface area (Å²) < 4.78 is 0. The molecule has 2 heterocycles. The van der Waals surface area contributed by atoms with Crippen LogP contribution in [-0.4, -0.2) is 9.97 Å². The van der Waals surface area contributed by atoms with Gasteiger partial charge in [-0.2, -0.15) is 0 Å². The fourth-order valence-corrected chi connectivity index (χ4v) is 2.04. The Labute approximate surface area is 88.0 Å². The van der Waals surface area contributed by atoms with Gasteiger partial charge < -0.3 is 4.98 Å². The van der Waals surface area contributed by atoms with E-state index in [4.69, 9.17) is 0 Å². The van der Waals surface area contributed by atoms with Gasteiger partial charge in [-0.25, -0.2) is 0 Å². The minimum Gasteiger partial charge on any atom is -0.358 e. The molecule has 15 heavy (non-hydrogen) atoms. The van der Waals surface area contributed by atoms with Crippen LogP contribution >= 0.6 is 0 Å². The smallest absolute Gasteiger partial charge is 0.0723 e. The molecule has 0 fully saturated rings. The molecule has 0 aliphatic rings. The van der Waals surface area contributed by atoms with Crippen LogP contribution in [0.25, 0.3) is 21.8 Å². The zero-order valence-electron chi connectivity index (χ0n) is 8.83. The average molecular weight is 196 g/mol. The van der Waals surface area contributed by atoms with Crippen molar-refractivity contribution in [3.8, 4) is 0 Å². The van der Waals surface area contributed by atoms with Gasteiger partial charge in [0.15, 0.2) is 0 Å². The van der Waals surface area contributed by atoms with Crippen molar-refractivity contribution in [2.75, 3.05) is 0 Å². The van der Waals surface area contributed by atoms with Crippen molar-refractivity contribution in [2.24, 2.45) is 0 Å². The molecule has 3 aromatic rings. The molecule has 2 aromatic heterocycles. The first-order valence-electron chi connectivity index (χ1n) is 5.10. The summed E-state index contributed by atoms with van der Waals surface area (Å²) in [4.78, 5) is 7.89. The van der Waals surface area contributed by atoms with E-state index in [-0.39, 0.29) is 0 Å². The Morgan fingerprint density at radius 1 is 1.07 bits per heavy atom. The van der Waals surface area contributed by atoms with Crippen LogP contribution in [0.3, 0.4) is 0 Å². The van der Waals surface area contributed by atoms with Crippen molar-refractivity contribution in [2.45, 2.75) is 13.8 Å². The van der Waals surface area contributed by atoms with Gasteiger partial charge in [0.2, 0.25) is 0 Å². The van der Waals surface area contributed by atoms with Gasteiger partial charge in [0.1, 0.15) is 0 Å². The van der Waals surface area contributed by atoms with Crippen molar-refractivity contribution in [1.82, 2.24) is 9.97 Å². The maximum Gasteiger partial charge on any atom is 0.0723 e. The molecule has 0 amide bonds. The standard InChI is InChI=1S/C13H12N2/c1-8-9(2)15-13-10-5-3-4-6-12(10)14-7-11(8)13/h3-7,15H,1-2H3. The van der Waals surface area contributed by atoms with Crippen molar-refractivity contribution in [3.05, 3.63) is 41.7 Å². The first kappa shape index (κ1) is 8.48. The van der Waals surface area contributed by atoms with Gasteiger partial charge in [0.05, 0.1) is 11.0 Å². The monoisotopic (exact) mass is 196 g/mol. The second-order valence-corrected chi connectivity index (χ2v) is 3.94. The average Bonchev–Trinajstić information content (AvgIpc) is 2.56. The zero-order chi connectivity index (χ0) is 10.4. The van der Waals surface area contributed by atoms with E-state index in [1.54, 1.807) is 0 Å². The van der Waals surface area contributed by atoms with Gasteiger partial charge in [-0.1, -0.05) is 18.2 Å². The van der Waals surface area contributed by atoms with Crippen molar-refractivity contribution in [1.29, 1.82) is 0 Å². The number of aromatic nitrogens is 2. The van der Waals surface area contributed by atoms with E-state index in [2.05, 4.69) is 35.9 Å². The van der Waals surface area contributed by atoms with E-state index < -0.39 is 0 Å². The predicted molar refractivity (Wildman–Crippen MR) is 63.1 cm³/mol. The van der Waals surface area contributed by atoms with Crippen molar-refractivity contribution in [3.63, 3.8) is 0 Å². The normalized spacial score (nSPS) is 11.3.